The predicted molar refractivity (Wildman–Crippen MR) is 86.6 cm³/mol. The smallest absolute Gasteiger partial charge is 0.227 e. The van der Waals surface area contributed by atoms with E-state index < -0.39 is 0 Å². The van der Waals surface area contributed by atoms with E-state index in [9.17, 15) is 9.59 Å². The fraction of sp³-hybridized carbons (Fsp3) is 0.556. The Morgan fingerprint density at radius 3 is 2.14 bits per heavy atom. The van der Waals surface area contributed by atoms with Crippen LogP contribution in [-0.4, -0.2) is 29.8 Å². The number of benzene rings is 1. The molecule has 0 bridgehead atoms. The van der Waals surface area contributed by atoms with E-state index in [1.165, 1.54) is 0 Å². The highest BCUT2D eigenvalue weighted by Crippen LogP contribution is 2.32. The van der Waals surface area contributed by atoms with E-state index in [1.54, 1.807) is 0 Å². The van der Waals surface area contributed by atoms with Gasteiger partial charge in [-0.2, -0.15) is 0 Å². The number of anilines is 1. The van der Waals surface area contributed by atoms with Crippen molar-refractivity contribution in [2.75, 3.05) is 18.4 Å². The molecule has 0 aromatic heterocycles. The molecule has 1 aliphatic carbocycles. The van der Waals surface area contributed by atoms with Crippen molar-refractivity contribution in [3.63, 3.8) is 0 Å². The molecule has 1 saturated heterocycles. The molecule has 118 valence electrons. The first-order valence-corrected chi connectivity index (χ1v) is 8.22. The van der Waals surface area contributed by atoms with Gasteiger partial charge in [0.05, 0.1) is 0 Å². The van der Waals surface area contributed by atoms with Crippen LogP contribution in [0.5, 0.6) is 0 Å². The minimum absolute atomic E-state index is 0.0160. The zero-order valence-electron chi connectivity index (χ0n) is 13.4. The lowest BCUT2D eigenvalue weighted by molar-refractivity contribution is -0.135. The first-order valence-electron chi connectivity index (χ1n) is 8.22. The summed E-state index contributed by atoms with van der Waals surface area (Å²) in [5.41, 5.74) is 3.12. The number of nitrogens with zero attached hydrogens (tertiary/aromatic N) is 1. The molecular weight excluding hydrogens is 276 g/mol. The summed E-state index contributed by atoms with van der Waals surface area (Å²) in [7, 11) is 0. The standard InChI is InChI=1S/C18H24N2O2/c1-12-4-3-5-13(2)16(12)19-17(21)14-8-10-20(11-9-14)18(22)15-6-7-15/h3-5,14-15H,6-11H2,1-2H3,(H,19,21). The first-order chi connectivity index (χ1) is 10.6. The molecule has 3 rings (SSSR count). The number of amides is 2. The second-order valence-electron chi connectivity index (χ2n) is 6.63. The van der Waals surface area contributed by atoms with Gasteiger partial charge in [-0.1, -0.05) is 18.2 Å². The molecule has 0 spiro atoms. The number of aryl methyl sites for hydroxylation is 2. The normalized spacial score (nSPS) is 19.1. The summed E-state index contributed by atoms with van der Waals surface area (Å²) in [6.45, 7) is 5.47. The van der Waals surface area contributed by atoms with E-state index in [-0.39, 0.29) is 17.7 Å². The fourth-order valence-electron chi connectivity index (χ4n) is 3.19. The number of nitrogens with one attached hydrogen (secondary N) is 1. The van der Waals surface area contributed by atoms with Crippen molar-refractivity contribution < 1.29 is 9.59 Å². The van der Waals surface area contributed by atoms with Crippen molar-refractivity contribution in [1.82, 2.24) is 4.90 Å². The molecule has 22 heavy (non-hydrogen) atoms. The summed E-state index contributed by atoms with van der Waals surface area (Å²) in [5.74, 6) is 0.687. The van der Waals surface area contributed by atoms with E-state index in [4.69, 9.17) is 0 Å². The number of piperidine rings is 1. The van der Waals surface area contributed by atoms with E-state index in [0.29, 0.717) is 5.91 Å². The van der Waals surface area contributed by atoms with Gasteiger partial charge in [0.1, 0.15) is 0 Å². The SMILES string of the molecule is Cc1cccc(C)c1NC(=O)C1CCN(C(=O)C2CC2)CC1. The highest BCUT2D eigenvalue weighted by Gasteiger charge is 2.36. The van der Waals surface area contributed by atoms with Crippen molar-refractivity contribution in [2.45, 2.75) is 39.5 Å². The highest BCUT2D eigenvalue weighted by molar-refractivity contribution is 5.94. The zero-order valence-corrected chi connectivity index (χ0v) is 13.4. The molecule has 1 aromatic carbocycles. The molecular formula is C18H24N2O2. The van der Waals surface area contributed by atoms with Gasteiger partial charge in [-0.25, -0.2) is 0 Å². The topological polar surface area (TPSA) is 49.4 Å². The van der Waals surface area contributed by atoms with Crippen LogP contribution in [0.15, 0.2) is 18.2 Å². The quantitative estimate of drug-likeness (QED) is 0.933. The van der Waals surface area contributed by atoms with Gasteiger partial charge in [-0.15, -0.1) is 0 Å². The van der Waals surface area contributed by atoms with Gasteiger partial charge in [0, 0.05) is 30.6 Å². The van der Waals surface area contributed by atoms with Gasteiger partial charge >= 0.3 is 0 Å². The Hall–Kier alpha value is -1.84. The number of para-hydroxylation sites is 1. The number of carbonyl (C=O) groups excluding carboxylic acids is 2. The molecule has 1 aliphatic heterocycles. The second-order valence-corrected chi connectivity index (χ2v) is 6.63. The molecule has 1 aromatic rings. The van der Waals surface area contributed by atoms with Crippen LogP contribution in [0, 0.1) is 25.7 Å². The van der Waals surface area contributed by atoms with Gasteiger partial charge in [-0.05, 0) is 50.7 Å². The number of rotatable bonds is 3. The maximum absolute atomic E-state index is 12.5. The summed E-state index contributed by atoms with van der Waals surface area (Å²) in [4.78, 5) is 26.5. The van der Waals surface area contributed by atoms with Crippen molar-refractivity contribution in [3.05, 3.63) is 29.3 Å². The minimum Gasteiger partial charge on any atom is -0.342 e. The van der Waals surface area contributed by atoms with E-state index in [1.807, 2.05) is 36.9 Å². The number of carbonyl (C=O) groups is 2. The third-order valence-electron chi connectivity index (χ3n) is 4.83. The average molecular weight is 300 g/mol. The third-order valence-corrected chi connectivity index (χ3v) is 4.83. The molecule has 4 heteroatoms. The van der Waals surface area contributed by atoms with Crippen molar-refractivity contribution >= 4 is 17.5 Å². The summed E-state index contributed by atoms with van der Waals surface area (Å²) in [6.07, 6.45) is 3.64. The predicted octanol–water partition coefficient (Wildman–Crippen LogP) is 2.89. The summed E-state index contributed by atoms with van der Waals surface area (Å²) >= 11 is 0. The Balaban J connectivity index is 1.57. The zero-order chi connectivity index (χ0) is 15.7. The number of hydrogen-bond acceptors (Lipinski definition) is 2. The largest absolute Gasteiger partial charge is 0.342 e. The lowest BCUT2D eigenvalue weighted by atomic mass is 9.95. The summed E-state index contributed by atoms with van der Waals surface area (Å²) < 4.78 is 0. The molecule has 2 fully saturated rings. The van der Waals surface area contributed by atoms with Crippen LogP contribution in [0.25, 0.3) is 0 Å². The maximum atomic E-state index is 12.5. The Labute approximate surface area is 131 Å². The van der Waals surface area contributed by atoms with Crippen LogP contribution >= 0.6 is 0 Å². The van der Waals surface area contributed by atoms with E-state index >= 15 is 0 Å². The monoisotopic (exact) mass is 300 g/mol. The molecule has 1 saturated carbocycles. The van der Waals surface area contributed by atoms with Crippen LogP contribution in [0.1, 0.15) is 36.8 Å². The first kappa shape index (κ1) is 15.1. The van der Waals surface area contributed by atoms with Crippen LogP contribution in [0.2, 0.25) is 0 Å². The van der Waals surface area contributed by atoms with E-state index in [2.05, 4.69) is 5.32 Å². The van der Waals surface area contributed by atoms with Gasteiger partial charge in [0.25, 0.3) is 0 Å². The minimum atomic E-state index is 0.0160. The van der Waals surface area contributed by atoms with Crippen LogP contribution in [0.3, 0.4) is 0 Å². The number of hydrogen-bond donors (Lipinski definition) is 1. The lowest BCUT2D eigenvalue weighted by Gasteiger charge is -2.31. The number of likely N-dealkylation sites (tertiary alicyclic amines) is 1. The second kappa shape index (κ2) is 6.11. The summed E-state index contributed by atoms with van der Waals surface area (Å²) in [6, 6.07) is 6.03. The van der Waals surface area contributed by atoms with Crippen LogP contribution < -0.4 is 5.32 Å². The average Bonchev–Trinajstić information content (AvgIpc) is 3.35. The Bertz CT molecular complexity index is 564. The molecule has 0 atom stereocenters. The molecule has 2 aliphatic rings. The molecule has 2 amide bonds. The van der Waals surface area contributed by atoms with Crippen molar-refractivity contribution in [3.8, 4) is 0 Å². The molecule has 1 N–H and O–H groups in total. The van der Waals surface area contributed by atoms with Gasteiger partial charge in [0.15, 0.2) is 0 Å². The maximum Gasteiger partial charge on any atom is 0.227 e. The molecule has 0 radical (unpaired) electrons. The van der Waals surface area contributed by atoms with E-state index in [0.717, 1.165) is 55.6 Å². The Morgan fingerprint density at radius 2 is 1.59 bits per heavy atom. The van der Waals surface area contributed by atoms with Crippen molar-refractivity contribution in [1.29, 1.82) is 0 Å². The van der Waals surface area contributed by atoms with Gasteiger partial charge in [-0.3, -0.25) is 9.59 Å². The molecule has 4 nitrogen and oxygen atoms in total. The van der Waals surface area contributed by atoms with Crippen LogP contribution in [0.4, 0.5) is 5.69 Å². The highest BCUT2D eigenvalue weighted by atomic mass is 16.2. The van der Waals surface area contributed by atoms with Gasteiger partial charge < -0.3 is 10.2 Å². The molecule has 0 unspecified atom stereocenters. The molecule has 1 heterocycles. The third kappa shape index (κ3) is 3.16. The van der Waals surface area contributed by atoms with Gasteiger partial charge in [0.2, 0.25) is 11.8 Å². The lowest BCUT2D eigenvalue weighted by Crippen LogP contribution is -2.42. The Morgan fingerprint density at radius 1 is 1.00 bits per heavy atom. The Kier molecular flexibility index (Phi) is 4.19. The van der Waals surface area contributed by atoms with Crippen LogP contribution in [-0.2, 0) is 9.59 Å². The fourth-order valence-corrected chi connectivity index (χ4v) is 3.19. The van der Waals surface area contributed by atoms with Crippen molar-refractivity contribution in [2.24, 2.45) is 11.8 Å². The summed E-state index contributed by atoms with van der Waals surface area (Å²) in [5, 5.41) is 3.08.